The smallest absolute Gasteiger partial charge is 0.136 e. The zero-order valence-electron chi connectivity index (χ0n) is 12.7. The summed E-state index contributed by atoms with van der Waals surface area (Å²) in [6.45, 7) is 6.22. The van der Waals surface area contributed by atoms with Crippen LogP contribution in [0.4, 0.5) is 11.6 Å². The van der Waals surface area contributed by atoms with Crippen molar-refractivity contribution < 1.29 is 5.11 Å². The van der Waals surface area contributed by atoms with E-state index in [1.165, 1.54) is 12.8 Å². The van der Waals surface area contributed by atoms with E-state index < -0.39 is 0 Å². The molecule has 110 valence electrons. The van der Waals surface area contributed by atoms with Crippen molar-refractivity contribution in [2.24, 2.45) is 5.41 Å². The van der Waals surface area contributed by atoms with E-state index in [4.69, 9.17) is 4.98 Å². The molecule has 2 fully saturated rings. The summed E-state index contributed by atoms with van der Waals surface area (Å²) < 4.78 is 0. The number of anilines is 2. The van der Waals surface area contributed by atoms with Crippen LogP contribution in [0.25, 0.3) is 0 Å². The first-order chi connectivity index (χ1) is 9.43. The molecule has 2 atom stereocenters. The maximum atomic E-state index is 9.86. The van der Waals surface area contributed by atoms with Gasteiger partial charge in [-0.15, -0.1) is 0 Å². The Morgan fingerprint density at radius 2 is 1.85 bits per heavy atom. The zero-order valence-corrected chi connectivity index (χ0v) is 12.7. The average Bonchev–Trinajstić information content (AvgIpc) is 3.24. The predicted molar refractivity (Wildman–Crippen MR) is 80.1 cm³/mol. The number of nitrogens with one attached hydrogen (secondary N) is 2. The Labute approximate surface area is 120 Å². The largest absolute Gasteiger partial charge is 0.392 e. The molecule has 1 aromatic rings. The summed E-state index contributed by atoms with van der Waals surface area (Å²) >= 11 is 0. The first kappa shape index (κ1) is 13.6. The Bertz CT molecular complexity index is 525. The summed E-state index contributed by atoms with van der Waals surface area (Å²) in [5.74, 6) is 3.29. The minimum atomic E-state index is -0.228. The standard InChI is InChI=1S/C15H24N4O/c1-8-12(16-4)18-14(9-5-6-9)19-13(8)17-10-7-11(20)15(10,2)3/h9-11,20H,5-7H2,1-4H3,(H2,16,17,18,19). The van der Waals surface area contributed by atoms with Gasteiger partial charge in [0.1, 0.15) is 17.5 Å². The fourth-order valence-electron chi connectivity index (χ4n) is 2.75. The Balaban J connectivity index is 1.87. The van der Waals surface area contributed by atoms with Gasteiger partial charge >= 0.3 is 0 Å². The van der Waals surface area contributed by atoms with Gasteiger partial charge < -0.3 is 15.7 Å². The van der Waals surface area contributed by atoms with Crippen LogP contribution in [0.3, 0.4) is 0 Å². The highest BCUT2D eigenvalue weighted by molar-refractivity contribution is 5.58. The molecule has 0 radical (unpaired) electrons. The predicted octanol–water partition coefficient (Wildman–Crippen LogP) is 2.28. The van der Waals surface area contributed by atoms with Gasteiger partial charge in [-0.2, -0.15) is 0 Å². The van der Waals surface area contributed by atoms with E-state index in [0.717, 1.165) is 29.4 Å². The Hall–Kier alpha value is -1.36. The summed E-state index contributed by atoms with van der Waals surface area (Å²) in [6, 6.07) is 0.267. The van der Waals surface area contributed by atoms with Crippen molar-refractivity contribution in [1.82, 2.24) is 9.97 Å². The monoisotopic (exact) mass is 276 g/mol. The summed E-state index contributed by atoms with van der Waals surface area (Å²) in [5.41, 5.74) is 0.950. The van der Waals surface area contributed by atoms with Gasteiger partial charge in [0.05, 0.1) is 6.10 Å². The van der Waals surface area contributed by atoms with Gasteiger partial charge in [0.2, 0.25) is 0 Å². The Morgan fingerprint density at radius 3 is 2.35 bits per heavy atom. The molecule has 1 aromatic heterocycles. The molecule has 2 aliphatic rings. The first-order valence-corrected chi connectivity index (χ1v) is 7.44. The molecule has 3 rings (SSSR count). The normalized spacial score (nSPS) is 27.9. The summed E-state index contributed by atoms with van der Waals surface area (Å²) in [5, 5.41) is 16.5. The van der Waals surface area contributed by atoms with Crippen molar-refractivity contribution in [1.29, 1.82) is 0 Å². The van der Waals surface area contributed by atoms with Gasteiger partial charge in [-0.25, -0.2) is 9.97 Å². The molecule has 0 aliphatic heterocycles. The number of aliphatic hydroxyl groups excluding tert-OH is 1. The van der Waals surface area contributed by atoms with E-state index in [1.807, 2.05) is 14.0 Å². The van der Waals surface area contributed by atoms with Crippen molar-refractivity contribution in [3.05, 3.63) is 11.4 Å². The molecule has 1 heterocycles. The van der Waals surface area contributed by atoms with Gasteiger partial charge in [-0.05, 0) is 26.2 Å². The maximum absolute atomic E-state index is 9.86. The van der Waals surface area contributed by atoms with E-state index in [9.17, 15) is 5.11 Å². The van der Waals surface area contributed by atoms with Crippen molar-refractivity contribution in [2.45, 2.75) is 58.1 Å². The highest BCUT2D eigenvalue weighted by Gasteiger charge is 2.47. The fraction of sp³-hybridized carbons (Fsp3) is 0.733. The molecule has 2 aliphatic carbocycles. The van der Waals surface area contributed by atoms with Crippen LogP contribution in [-0.2, 0) is 0 Å². The highest BCUT2D eigenvalue weighted by Crippen LogP contribution is 2.43. The maximum Gasteiger partial charge on any atom is 0.136 e. The third-order valence-corrected chi connectivity index (χ3v) is 4.87. The Kier molecular flexibility index (Phi) is 3.12. The second-order valence-corrected chi connectivity index (χ2v) is 6.70. The van der Waals surface area contributed by atoms with Gasteiger partial charge in [0.25, 0.3) is 0 Å². The molecule has 2 saturated carbocycles. The van der Waals surface area contributed by atoms with E-state index in [2.05, 4.69) is 29.5 Å². The lowest BCUT2D eigenvalue weighted by atomic mass is 9.64. The number of aromatic nitrogens is 2. The molecule has 0 bridgehead atoms. The second-order valence-electron chi connectivity index (χ2n) is 6.70. The fourth-order valence-corrected chi connectivity index (χ4v) is 2.75. The zero-order chi connectivity index (χ0) is 14.5. The minimum absolute atomic E-state index is 0.100. The van der Waals surface area contributed by atoms with Crippen LogP contribution in [0, 0.1) is 12.3 Å². The molecule has 5 nitrogen and oxygen atoms in total. The number of hydrogen-bond donors (Lipinski definition) is 3. The van der Waals surface area contributed by atoms with Crippen LogP contribution in [-0.4, -0.2) is 34.3 Å². The molecule has 0 saturated heterocycles. The van der Waals surface area contributed by atoms with Crippen LogP contribution in [0.1, 0.15) is 50.4 Å². The first-order valence-electron chi connectivity index (χ1n) is 7.44. The molecule has 0 amide bonds. The number of aliphatic hydroxyl groups is 1. The number of nitrogens with zero attached hydrogens (tertiary/aromatic N) is 2. The van der Waals surface area contributed by atoms with Crippen LogP contribution in [0.15, 0.2) is 0 Å². The van der Waals surface area contributed by atoms with E-state index >= 15 is 0 Å². The molecular weight excluding hydrogens is 252 g/mol. The van der Waals surface area contributed by atoms with Gasteiger partial charge in [0, 0.05) is 30.0 Å². The van der Waals surface area contributed by atoms with Crippen LogP contribution in [0.2, 0.25) is 0 Å². The average molecular weight is 276 g/mol. The number of rotatable bonds is 4. The van der Waals surface area contributed by atoms with Crippen LogP contribution < -0.4 is 10.6 Å². The summed E-state index contributed by atoms with van der Waals surface area (Å²) in [7, 11) is 1.90. The van der Waals surface area contributed by atoms with Crippen molar-refractivity contribution in [3.8, 4) is 0 Å². The Morgan fingerprint density at radius 1 is 1.20 bits per heavy atom. The number of hydrogen-bond acceptors (Lipinski definition) is 5. The quantitative estimate of drug-likeness (QED) is 0.787. The SMILES string of the molecule is CNc1nc(C2CC2)nc(NC2CC(O)C2(C)C)c1C. The summed E-state index contributed by atoms with van der Waals surface area (Å²) in [6.07, 6.45) is 2.94. The molecular formula is C15H24N4O. The van der Waals surface area contributed by atoms with E-state index in [1.54, 1.807) is 0 Å². The molecule has 0 aromatic carbocycles. The lowest BCUT2D eigenvalue weighted by molar-refractivity contribution is -0.0511. The van der Waals surface area contributed by atoms with Crippen molar-refractivity contribution >= 4 is 11.6 Å². The van der Waals surface area contributed by atoms with Gasteiger partial charge in [-0.1, -0.05) is 13.8 Å². The van der Waals surface area contributed by atoms with Gasteiger partial charge in [0.15, 0.2) is 0 Å². The lowest BCUT2D eigenvalue weighted by Gasteiger charge is -2.49. The minimum Gasteiger partial charge on any atom is -0.392 e. The van der Waals surface area contributed by atoms with Gasteiger partial charge in [-0.3, -0.25) is 0 Å². The lowest BCUT2D eigenvalue weighted by Crippen LogP contribution is -2.57. The van der Waals surface area contributed by atoms with Crippen molar-refractivity contribution in [3.63, 3.8) is 0 Å². The van der Waals surface area contributed by atoms with E-state index in [0.29, 0.717) is 5.92 Å². The summed E-state index contributed by atoms with van der Waals surface area (Å²) in [4.78, 5) is 9.32. The molecule has 2 unspecified atom stereocenters. The molecule has 0 spiro atoms. The topological polar surface area (TPSA) is 70.1 Å². The molecule has 3 N–H and O–H groups in total. The highest BCUT2D eigenvalue weighted by atomic mass is 16.3. The van der Waals surface area contributed by atoms with E-state index in [-0.39, 0.29) is 17.6 Å². The van der Waals surface area contributed by atoms with Crippen molar-refractivity contribution in [2.75, 3.05) is 17.7 Å². The second kappa shape index (κ2) is 4.58. The van der Waals surface area contributed by atoms with Crippen LogP contribution >= 0.6 is 0 Å². The molecule has 20 heavy (non-hydrogen) atoms. The third-order valence-electron chi connectivity index (χ3n) is 4.87. The molecule has 5 heteroatoms. The van der Waals surface area contributed by atoms with Crippen LogP contribution in [0.5, 0.6) is 0 Å². The third kappa shape index (κ3) is 2.14.